The fourth-order valence-electron chi connectivity index (χ4n) is 7.09. The van der Waals surface area contributed by atoms with E-state index >= 15 is 0 Å². The third kappa shape index (κ3) is 7.94. The third-order valence-electron chi connectivity index (χ3n) is 10.2. The number of aromatic nitrogens is 1. The smallest absolute Gasteiger partial charge is 0.330 e. The van der Waals surface area contributed by atoms with E-state index in [4.69, 9.17) is 14.5 Å². The van der Waals surface area contributed by atoms with E-state index in [1.165, 1.54) is 11.0 Å². The molecule has 1 aromatic heterocycles. The quantitative estimate of drug-likeness (QED) is 0.212. The van der Waals surface area contributed by atoms with Gasteiger partial charge in [-0.15, -0.1) is 6.58 Å². The SMILES string of the molecule is C=CC1C[C@]1(NC(=O)[C@@H]1C[C@@H](Oc2cc(-c3ccccc3)nc3cc(OC)ccc23)CN1C(=O)N[C@H](C(=O)NC1CCS(=O)(=O)C1)C(C)(C)C)C(=O)O. The van der Waals surface area contributed by atoms with Gasteiger partial charge in [-0.3, -0.25) is 9.59 Å². The highest BCUT2D eigenvalue weighted by Gasteiger charge is 2.61. The van der Waals surface area contributed by atoms with E-state index in [2.05, 4.69) is 22.5 Å². The van der Waals surface area contributed by atoms with Gasteiger partial charge in [0.15, 0.2) is 9.84 Å². The first-order chi connectivity index (χ1) is 25.0. The number of aliphatic carboxylic acids is 1. The Morgan fingerprint density at radius 1 is 1.11 bits per heavy atom. The number of likely N-dealkylation sites (tertiary alicyclic amines) is 1. The first-order valence-corrected chi connectivity index (χ1v) is 19.3. The van der Waals surface area contributed by atoms with Gasteiger partial charge in [-0.2, -0.15) is 0 Å². The number of methoxy groups -OCH3 is 1. The second-order valence-corrected chi connectivity index (χ2v) is 17.3. The Labute approximate surface area is 308 Å². The van der Waals surface area contributed by atoms with Crippen molar-refractivity contribution in [3.63, 3.8) is 0 Å². The van der Waals surface area contributed by atoms with Gasteiger partial charge >= 0.3 is 12.0 Å². The Balaban J connectivity index is 1.30. The zero-order valence-corrected chi connectivity index (χ0v) is 30.9. The van der Waals surface area contributed by atoms with Crippen molar-refractivity contribution in [2.45, 2.75) is 69.8 Å². The summed E-state index contributed by atoms with van der Waals surface area (Å²) < 4.78 is 36.1. The molecule has 2 unspecified atom stereocenters. The molecule has 53 heavy (non-hydrogen) atoms. The zero-order valence-electron chi connectivity index (χ0n) is 30.1. The van der Waals surface area contributed by atoms with Gasteiger partial charge in [-0.25, -0.2) is 23.0 Å². The standard InChI is InChI=1S/C38H45N5O9S/c1-6-23-19-38(23,35(46)47)42-33(44)30-17-26(20-43(30)36(48)41-32(37(2,3)4)34(45)39-24-14-15-53(49,50)21-24)52-31-18-28(22-10-8-7-9-11-22)40-29-16-25(51-5)12-13-27(29)31/h6-13,16,18,23-24,26,30,32H,1,14-15,17,19-21H2,2-5H3,(H,39,45)(H,41,48)(H,42,44)(H,46,47)/t23?,24?,26-,30+,32-,38-/m1/s1. The monoisotopic (exact) mass is 747 g/mol. The molecule has 3 fully saturated rings. The number of benzene rings is 2. The number of pyridine rings is 1. The van der Waals surface area contributed by atoms with Gasteiger partial charge in [-0.1, -0.05) is 57.2 Å². The number of carbonyl (C=O) groups is 4. The summed E-state index contributed by atoms with van der Waals surface area (Å²) >= 11 is 0. The maximum atomic E-state index is 14.2. The molecule has 0 spiro atoms. The van der Waals surface area contributed by atoms with E-state index in [9.17, 15) is 32.7 Å². The van der Waals surface area contributed by atoms with Crippen LogP contribution in [0.4, 0.5) is 4.79 Å². The number of fused-ring (bicyclic) bond motifs is 1. The van der Waals surface area contributed by atoms with Gasteiger partial charge in [0.05, 0.1) is 36.4 Å². The molecule has 3 heterocycles. The lowest BCUT2D eigenvalue weighted by Gasteiger charge is -2.34. The molecule has 15 heteroatoms. The Morgan fingerprint density at radius 3 is 2.45 bits per heavy atom. The number of urea groups is 1. The second-order valence-electron chi connectivity index (χ2n) is 15.1. The first kappa shape index (κ1) is 37.6. The minimum absolute atomic E-state index is 0.0145. The van der Waals surface area contributed by atoms with Crippen molar-refractivity contribution in [1.29, 1.82) is 0 Å². The van der Waals surface area contributed by atoms with Crippen molar-refractivity contribution in [2.24, 2.45) is 11.3 Å². The van der Waals surface area contributed by atoms with Crippen LogP contribution in [0.5, 0.6) is 11.5 Å². The number of nitrogens with one attached hydrogen (secondary N) is 3. The molecular weight excluding hydrogens is 703 g/mol. The lowest BCUT2D eigenvalue weighted by molar-refractivity contribution is -0.144. The van der Waals surface area contributed by atoms with Crippen LogP contribution in [0.3, 0.4) is 0 Å². The molecule has 2 saturated heterocycles. The molecule has 282 valence electrons. The van der Waals surface area contributed by atoms with Gasteiger partial charge in [0.2, 0.25) is 11.8 Å². The maximum Gasteiger partial charge on any atom is 0.330 e. The first-order valence-electron chi connectivity index (χ1n) is 17.5. The van der Waals surface area contributed by atoms with Crippen molar-refractivity contribution in [3.05, 3.63) is 67.3 Å². The lowest BCUT2D eigenvalue weighted by atomic mass is 9.86. The Bertz CT molecular complexity index is 2050. The van der Waals surface area contributed by atoms with Gasteiger partial charge in [0.1, 0.15) is 35.2 Å². The highest BCUT2D eigenvalue weighted by Crippen LogP contribution is 2.45. The normalized spacial score (nSPS) is 25.2. The lowest BCUT2D eigenvalue weighted by Crippen LogP contribution is -2.60. The number of nitrogens with zero attached hydrogens (tertiary/aromatic N) is 2. The van der Waals surface area contributed by atoms with Crippen molar-refractivity contribution in [1.82, 2.24) is 25.8 Å². The van der Waals surface area contributed by atoms with E-state index in [1.54, 1.807) is 46.1 Å². The van der Waals surface area contributed by atoms with Crippen molar-refractivity contribution < 1.29 is 42.2 Å². The summed E-state index contributed by atoms with van der Waals surface area (Å²) in [6, 6.07) is 13.1. The van der Waals surface area contributed by atoms with Crippen LogP contribution in [0.2, 0.25) is 0 Å². The fraction of sp³-hybridized carbons (Fsp3) is 0.447. The number of carboxylic acid groups (broad SMARTS) is 1. The highest BCUT2D eigenvalue weighted by atomic mass is 32.2. The van der Waals surface area contributed by atoms with Gasteiger partial charge < -0.3 is 35.4 Å². The number of carboxylic acids is 1. The molecule has 6 atom stereocenters. The van der Waals surface area contributed by atoms with E-state index in [-0.39, 0.29) is 37.3 Å². The number of hydrogen-bond donors (Lipinski definition) is 4. The number of ether oxygens (including phenoxy) is 2. The highest BCUT2D eigenvalue weighted by molar-refractivity contribution is 7.91. The molecule has 4 amide bonds. The fourth-order valence-corrected chi connectivity index (χ4v) is 8.76. The number of rotatable bonds is 11. The van der Waals surface area contributed by atoms with Crippen molar-refractivity contribution in [2.75, 3.05) is 25.2 Å². The summed E-state index contributed by atoms with van der Waals surface area (Å²) in [5.74, 6) is -2.08. The van der Waals surface area contributed by atoms with Crippen molar-refractivity contribution in [3.8, 4) is 22.8 Å². The third-order valence-corrected chi connectivity index (χ3v) is 11.9. The van der Waals surface area contributed by atoms with Crippen LogP contribution in [0.25, 0.3) is 22.2 Å². The van der Waals surface area contributed by atoms with E-state index < -0.39 is 74.8 Å². The van der Waals surface area contributed by atoms with Gasteiger partial charge in [0, 0.05) is 41.5 Å². The average Bonchev–Trinajstić information content (AvgIpc) is 3.49. The molecule has 4 N–H and O–H groups in total. The molecule has 1 saturated carbocycles. The zero-order chi connectivity index (χ0) is 38.3. The van der Waals surface area contributed by atoms with Crippen LogP contribution in [0.15, 0.2) is 67.3 Å². The molecule has 3 aromatic rings. The molecule has 2 aliphatic heterocycles. The summed E-state index contributed by atoms with van der Waals surface area (Å²) in [4.78, 5) is 60.1. The molecule has 1 aliphatic carbocycles. The summed E-state index contributed by atoms with van der Waals surface area (Å²) in [7, 11) is -1.71. The minimum atomic E-state index is -3.27. The Hall–Kier alpha value is -5.18. The summed E-state index contributed by atoms with van der Waals surface area (Å²) in [5.41, 5.74) is -0.281. The van der Waals surface area contributed by atoms with Crippen LogP contribution >= 0.6 is 0 Å². The van der Waals surface area contributed by atoms with Gasteiger partial charge in [0.25, 0.3) is 0 Å². The van der Waals surface area contributed by atoms with Crippen molar-refractivity contribution >= 4 is 44.6 Å². The molecule has 0 bridgehead atoms. The van der Waals surface area contributed by atoms with Crippen LogP contribution in [-0.4, -0.2) is 102 Å². The summed E-state index contributed by atoms with van der Waals surface area (Å²) in [6.45, 7) is 8.90. The second kappa shape index (κ2) is 14.3. The van der Waals surface area contributed by atoms with Crippen LogP contribution in [-0.2, 0) is 24.2 Å². The molecule has 3 aliphatic rings. The molecule has 0 radical (unpaired) electrons. The molecule has 2 aromatic carbocycles. The predicted molar refractivity (Wildman–Crippen MR) is 197 cm³/mol. The topological polar surface area (TPSA) is 193 Å². The van der Waals surface area contributed by atoms with Crippen LogP contribution in [0, 0.1) is 11.3 Å². The maximum absolute atomic E-state index is 14.2. The van der Waals surface area contributed by atoms with E-state index in [0.29, 0.717) is 28.1 Å². The largest absolute Gasteiger partial charge is 0.497 e. The Morgan fingerprint density at radius 2 is 1.85 bits per heavy atom. The number of sulfone groups is 1. The number of carbonyl (C=O) groups excluding carboxylic acids is 3. The molecular formula is C38H45N5O9S. The minimum Gasteiger partial charge on any atom is -0.497 e. The summed E-state index contributed by atoms with van der Waals surface area (Å²) in [5, 5.41) is 18.9. The summed E-state index contributed by atoms with van der Waals surface area (Å²) in [6.07, 6.45) is 1.20. The van der Waals surface area contributed by atoms with Crippen LogP contribution < -0.4 is 25.4 Å². The van der Waals surface area contributed by atoms with Gasteiger partial charge in [-0.05, 0) is 30.4 Å². The number of amides is 4. The number of hydrogen-bond acceptors (Lipinski definition) is 9. The molecule has 6 rings (SSSR count). The molecule has 14 nitrogen and oxygen atoms in total. The van der Waals surface area contributed by atoms with Crippen LogP contribution in [0.1, 0.15) is 40.0 Å². The average molecular weight is 748 g/mol. The van der Waals surface area contributed by atoms with E-state index in [1.807, 2.05) is 36.4 Å². The predicted octanol–water partition coefficient (Wildman–Crippen LogP) is 3.31. The Kier molecular flexibility index (Phi) is 10.2. The van der Waals surface area contributed by atoms with E-state index in [0.717, 1.165) is 5.56 Å².